The number of carboxylic acids is 1. The van der Waals surface area contributed by atoms with Crippen molar-refractivity contribution in [3.8, 4) is 0 Å². The van der Waals surface area contributed by atoms with Crippen LogP contribution in [0.2, 0.25) is 0 Å². The van der Waals surface area contributed by atoms with E-state index in [2.05, 4.69) is 4.98 Å². The largest absolute Gasteiger partial charge is 0.481 e. The summed E-state index contributed by atoms with van der Waals surface area (Å²) in [6.45, 7) is 0. The Morgan fingerprint density at radius 2 is 2.00 bits per heavy atom. The third-order valence-corrected chi connectivity index (χ3v) is 2.57. The maximum Gasteiger partial charge on any atom is 0.315 e. The molecule has 86 valence electrons. The SMILES string of the molecule is Nc1ccccc1C(C(=O)O)c1cccnc1. The van der Waals surface area contributed by atoms with Crippen LogP contribution in [0.4, 0.5) is 5.69 Å². The van der Waals surface area contributed by atoms with Gasteiger partial charge in [0, 0.05) is 18.1 Å². The first-order valence-electron chi connectivity index (χ1n) is 5.17. The topological polar surface area (TPSA) is 76.2 Å². The molecule has 0 saturated heterocycles. The van der Waals surface area contributed by atoms with E-state index in [0.29, 0.717) is 16.8 Å². The van der Waals surface area contributed by atoms with E-state index in [9.17, 15) is 9.90 Å². The molecule has 4 heteroatoms. The van der Waals surface area contributed by atoms with Crippen molar-refractivity contribution in [2.24, 2.45) is 0 Å². The summed E-state index contributed by atoms with van der Waals surface area (Å²) in [5.74, 6) is -1.71. The fourth-order valence-electron chi connectivity index (χ4n) is 1.78. The van der Waals surface area contributed by atoms with Gasteiger partial charge < -0.3 is 10.8 Å². The summed E-state index contributed by atoms with van der Waals surface area (Å²) in [4.78, 5) is 15.3. The zero-order valence-corrected chi connectivity index (χ0v) is 9.08. The van der Waals surface area contributed by atoms with Gasteiger partial charge in [-0.15, -0.1) is 0 Å². The number of pyridine rings is 1. The van der Waals surface area contributed by atoms with Crippen LogP contribution in [0, 0.1) is 0 Å². The van der Waals surface area contributed by atoms with Crippen LogP contribution in [-0.4, -0.2) is 16.1 Å². The Bertz CT molecular complexity index is 526. The van der Waals surface area contributed by atoms with Crippen LogP contribution in [0.1, 0.15) is 17.0 Å². The molecule has 1 aromatic heterocycles. The van der Waals surface area contributed by atoms with Crippen LogP contribution < -0.4 is 5.73 Å². The minimum atomic E-state index is -0.934. The number of aromatic nitrogens is 1. The first kappa shape index (κ1) is 11.1. The maximum absolute atomic E-state index is 11.4. The summed E-state index contributed by atoms with van der Waals surface area (Å²) < 4.78 is 0. The molecule has 1 aromatic carbocycles. The summed E-state index contributed by atoms with van der Waals surface area (Å²) in [5.41, 5.74) is 7.50. The molecule has 0 amide bonds. The molecule has 0 radical (unpaired) electrons. The molecule has 1 atom stereocenters. The normalized spacial score (nSPS) is 12.0. The zero-order valence-electron chi connectivity index (χ0n) is 9.08. The molecule has 1 heterocycles. The number of carbonyl (C=O) groups is 1. The third kappa shape index (κ3) is 2.25. The van der Waals surface area contributed by atoms with Gasteiger partial charge in [0.2, 0.25) is 0 Å². The van der Waals surface area contributed by atoms with Crippen molar-refractivity contribution in [1.29, 1.82) is 0 Å². The summed E-state index contributed by atoms with van der Waals surface area (Å²) >= 11 is 0. The number of hydrogen-bond acceptors (Lipinski definition) is 3. The second-order valence-electron chi connectivity index (χ2n) is 3.69. The molecule has 0 aliphatic heterocycles. The van der Waals surface area contributed by atoms with Crippen molar-refractivity contribution in [2.45, 2.75) is 5.92 Å². The molecule has 0 fully saturated rings. The number of benzene rings is 1. The van der Waals surface area contributed by atoms with Crippen LogP contribution in [0.25, 0.3) is 0 Å². The van der Waals surface area contributed by atoms with Gasteiger partial charge in [-0.3, -0.25) is 9.78 Å². The number of anilines is 1. The molecule has 4 nitrogen and oxygen atoms in total. The highest BCUT2D eigenvalue weighted by atomic mass is 16.4. The first-order valence-corrected chi connectivity index (χ1v) is 5.17. The van der Waals surface area contributed by atoms with Gasteiger partial charge in [-0.05, 0) is 23.3 Å². The fourth-order valence-corrected chi connectivity index (χ4v) is 1.78. The lowest BCUT2D eigenvalue weighted by atomic mass is 9.91. The molecule has 1 unspecified atom stereocenters. The molecule has 17 heavy (non-hydrogen) atoms. The first-order chi connectivity index (χ1) is 8.20. The van der Waals surface area contributed by atoms with Gasteiger partial charge >= 0.3 is 5.97 Å². The highest BCUT2D eigenvalue weighted by Gasteiger charge is 2.23. The number of para-hydroxylation sites is 1. The number of nitrogen functional groups attached to an aromatic ring is 1. The molecule has 2 rings (SSSR count). The van der Waals surface area contributed by atoms with E-state index in [1.54, 1.807) is 48.8 Å². The zero-order chi connectivity index (χ0) is 12.3. The predicted molar refractivity (Wildman–Crippen MR) is 64.6 cm³/mol. The predicted octanol–water partition coefficient (Wildman–Crippen LogP) is 1.88. The number of rotatable bonds is 3. The summed E-state index contributed by atoms with van der Waals surface area (Å²) in [5, 5.41) is 9.32. The lowest BCUT2D eigenvalue weighted by Gasteiger charge is -2.14. The Kier molecular flexibility index (Phi) is 3.05. The van der Waals surface area contributed by atoms with Crippen molar-refractivity contribution >= 4 is 11.7 Å². The number of hydrogen-bond donors (Lipinski definition) is 2. The van der Waals surface area contributed by atoms with E-state index < -0.39 is 11.9 Å². The minimum absolute atomic E-state index is 0.476. The van der Waals surface area contributed by atoms with Crippen molar-refractivity contribution in [3.05, 3.63) is 59.9 Å². The van der Waals surface area contributed by atoms with Gasteiger partial charge in [0.05, 0.1) is 0 Å². The number of carboxylic acid groups (broad SMARTS) is 1. The summed E-state index contributed by atoms with van der Waals surface area (Å²) in [6, 6.07) is 10.4. The van der Waals surface area contributed by atoms with Crippen LogP contribution in [0.5, 0.6) is 0 Å². The molecule has 0 aliphatic carbocycles. The second-order valence-corrected chi connectivity index (χ2v) is 3.69. The smallest absolute Gasteiger partial charge is 0.315 e. The Morgan fingerprint density at radius 3 is 2.59 bits per heavy atom. The molecule has 0 bridgehead atoms. The van der Waals surface area contributed by atoms with Crippen LogP contribution >= 0.6 is 0 Å². The monoisotopic (exact) mass is 228 g/mol. The average Bonchev–Trinajstić information content (AvgIpc) is 2.33. The lowest BCUT2D eigenvalue weighted by Crippen LogP contribution is -2.14. The highest BCUT2D eigenvalue weighted by Crippen LogP contribution is 2.28. The van der Waals surface area contributed by atoms with E-state index in [1.807, 2.05) is 0 Å². The summed E-state index contributed by atoms with van der Waals surface area (Å²) in [7, 11) is 0. The number of aliphatic carboxylic acids is 1. The van der Waals surface area contributed by atoms with E-state index in [1.165, 1.54) is 0 Å². The molecule has 0 spiro atoms. The molecule has 3 N–H and O–H groups in total. The quantitative estimate of drug-likeness (QED) is 0.786. The van der Waals surface area contributed by atoms with Crippen molar-refractivity contribution in [1.82, 2.24) is 4.98 Å². The maximum atomic E-state index is 11.4. The van der Waals surface area contributed by atoms with E-state index in [-0.39, 0.29) is 0 Å². The molecule has 0 aliphatic rings. The second kappa shape index (κ2) is 4.65. The lowest BCUT2D eigenvalue weighted by molar-refractivity contribution is -0.137. The van der Waals surface area contributed by atoms with Gasteiger partial charge in [0.25, 0.3) is 0 Å². The molecule has 2 aromatic rings. The number of nitrogens with zero attached hydrogens (tertiary/aromatic N) is 1. The average molecular weight is 228 g/mol. The van der Waals surface area contributed by atoms with Gasteiger partial charge in [0.15, 0.2) is 0 Å². The standard InChI is InChI=1S/C13H12N2O2/c14-11-6-2-1-5-10(11)12(13(16)17)9-4-3-7-15-8-9/h1-8,12H,14H2,(H,16,17). The van der Waals surface area contributed by atoms with Crippen molar-refractivity contribution in [2.75, 3.05) is 5.73 Å². The summed E-state index contributed by atoms with van der Waals surface area (Å²) in [6.07, 6.45) is 3.15. The fraction of sp³-hybridized carbons (Fsp3) is 0.0769. The Labute approximate surface area is 98.7 Å². The Balaban J connectivity index is 2.51. The number of nitrogens with two attached hydrogens (primary N) is 1. The van der Waals surface area contributed by atoms with Crippen molar-refractivity contribution < 1.29 is 9.90 Å². The van der Waals surface area contributed by atoms with Crippen LogP contribution in [0.3, 0.4) is 0 Å². The molecule has 0 saturated carbocycles. The van der Waals surface area contributed by atoms with Crippen LogP contribution in [-0.2, 0) is 4.79 Å². The molecular weight excluding hydrogens is 216 g/mol. The van der Waals surface area contributed by atoms with Crippen LogP contribution in [0.15, 0.2) is 48.8 Å². The van der Waals surface area contributed by atoms with Gasteiger partial charge in [-0.1, -0.05) is 24.3 Å². The minimum Gasteiger partial charge on any atom is -0.481 e. The van der Waals surface area contributed by atoms with E-state index in [0.717, 1.165) is 0 Å². The Morgan fingerprint density at radius 1 is 1.24 bits per heavy atom. The van der Waals surface area contributed by atoms with E-state index >= 15 is 0 Å². The van der Waals surface area contributed by atoms with Gasteiger partial charge in [-0.2, -0.15) is 0 Å². The van der Waals surface area contributed by atoms with Gasteiger partial charge in [0.1, 0.15) is 5.92 Å². The Hall–Kier alpha value is -2.36. The third-order valence-electron chi connectivity index (χ3n) is 2.57. The van der Waals surface area contributed by atoms with E-state index in [4.69, 9.17) is 5.73 Å². The van der Waals surface area contributed by atoms with Gasteiger partial charge in [-0.25, -0.2) is 0 Å². The van der Waals surface area contributed by atoms with Crippen molar-refractivity contribution in [3.63, 3.8) is 0 Å². The molecular formula is C13H12N2O2. The highest BCUT2D eigenvalue weighted by molar-refractivity contribution is 5.82.